The van der Waals surface area contributed by atoms with Crippen LogP contribution in [0.5, 0.6) is 0 Å². The van der Waals surface area contributed by atoms with Crippen LogP contribution in [-0.2, 0) is 4.79 Å². The number of hydrogen-bond donors (Lipinski definition) is 1. The van der Waals surface area contributed by atoms with Gasteiger partial charge in [0.1, 0.15) is 18.0 Å². The van der Waals surface area contributed by atoms with Crippen LogP contribution in [-0.4, -0.2) is 35.0 Å². The van der Waals surface area contributed by atoms with Gasteiger partial charge in [-0.1, -0.05) is 25.8 Å². The van der Waals surface area contributed by atoms with Crippen molar-refractivity contribution < 1.29 is 9.18 Å². The first-order chi connectivity index (χ1) is 14.6. The van der Waals surface area contributed by atoms with E-state index in [1.165, 1.54) is 31.7 Å². The summed E-state index contributed by atoms with van der Waals surface area (Å²) in [6, 6.07) is 5.47. The molecule has 0 spiro atoms. The molecule has 2 aromatic heterocycles. The molecule has 1 saturated heterocycles. The molecule has 5 nitrogen and oxygen atoms in total. The molecule has 2 fully saturated rings. The molecule has 1 aromatic carbocycles. The Kier molecular flexibility index (Phi) is 5.31. The monoisotopic (exact) mass is 426 g/mol. The van der Waals surface area contributed by atoms with E-state index in [0.717, 1.165) is 47.6 Å². The van der Waals surface area contributed by atoms with Crippen LogP contribution >= 0.6 is 11.3 Å². The van der Waals surface area contributed by atoms with E-state index in [2.05, 4.69) is 27.1 Å². The second kappa shape index (κ2) is 8.10. The number of amides is 1. The molecule has 3 aromatic rings. The van der Waals surface area contributed by atoms with Gasteiger partial charge in [0.25, 0.3) is 0 Å². The van der Waals surface area contributed by atoms with Crippen molar-refractivity contribution >= 4 is 43.4 Å². The minimum Gasteiger partial charge on any atom is -0.355 e. The van der Waals surface area contributed by atoms with Gasteiger partial charge in [-0.25, -0.2) is 14.4 Å². The number of rotatable bonds is 3. The summed E-state index contributed by atoms with van der Waals surface area (Å²) in [4.78, 5) is 24.0. The number of aromatic nitrogens is 2. The lowest BCUT2D eigenvalue weighted by Crippen LogP contribution is -2.46. The molecule has 2 atom stereocenters. The maximum absolute atomic E-state index is 14.4. The predicted octanol–water partition coefficient (Wildman–Crippen LogP) is 4.89. The molecule has 7 heteroatoms. The summed E-state index contributed by atoms with van der Waals surface area (Å²) < 4.78 is 16.2. The van der Waals surface area contributed by atoms with E-state index in [1.54, 1.807) is 17.4 Å². The van der Waals surface area contributed by atoms with Gasteiger partial charge in [-0.05, 0) is 43.7 Å². The van der Waals surface area contributed by atoms with E-state index >= 15 is 0 Å². The highest BCUT2D eigenvalue weighted by Crippen LogP contribution is 2.39. The molecule has 1 saturated carbocycles. The van der Waals surface area contributed by atoms with E-state index in [1.807, 2.05) is 6.07 Å². The van der Waals surface area contributed by atoms with Crippen molar-refractivity contribution in [1.29, 1.82) is 0 Å². The Bertz CT molecular complexity index is 1080. The number of piperidine rings is 1. The Morgan fingerprint density at radius 2 is 1.97 bits per heavy atom. The van der Waals surface area contributed by atoms with E-state index in [0.29, 0.717) is 22.9 Å². The average Bonchev–Trinajstić information content (AvgIpc) is 3.15. The Morgan fingerprint density at radius 3 is 2.77 bits per heavy atom. The Labute approximate surface area is 179 Å². The largest absolute Gasteiger partial charge is 0.355 e. The van der Waals surface area contributed by atoms with Crippen molar-refractivity contribution in [1.82, 2.24) is 15.3 Å². The molecule has 1 aliphatic heterocycles. The van der Waals surface area contributed by atoms with Crippen LogP contribution in [0.2, 0.25) is 0 Å². The minimum atomic E-state index is -0.240. The summed E-state index contributed by atoms with van der Waals surface area (Å²) in [6.07, 6.45) is 7.97. The number of thiophene rings is 1. The molecule has 0 radical (unpaired) electrons. The van der Waals surface area contributed by atoms with Gasteiger partial charge < -0.3 is 10.2 Å². The zero-order valence-corrected chi connectivity index (χ0v) is 18.1. The topological polar surface area (TPSA) is 58.1 Å². The third-order valence-corrected chi connectivity index (χ3v) is 7.95. The lowest BCUT2D eigenvalue weighted by molar-refractivity contribution is -0.126. The highest BCUT2D eigenvalue weighted by atomic mass is 32.1. The van der Waals surface area contributed by atoms with Gasteiger partial charge in [0.05, 0.1) is 15.6 Å². The van der Waals surface area contributed by atoms with Crippen LogP contribution < -0.4 is 10.2 Å². The summed E-state index contributed by atoms with van der Waals surface area (Å²) >= 11 is 1.54. The summed E-state index contributed by atoms with van der Waals surface area (Å²) in [5.74, 6) is 1.47. The van der Waals surface area contributed by atoms with E-state index in [-0.39, 0.29) is 17.6 Å². The fourth-order valence-electron chi connectivity index (χ4n) is 4.98. The molecule has 158 valence electrons. The number of hydrogen-bond acceptors (Lipinski definition) is 5. The van der Waals surface area contributed by atoms with E-state index < -0.39 is 0 Å². The van der Waals surface area contributed by atoms with Crippen LogP contribution in [0.1, 0.15) is 45.4 Å². The Balaban J connectivity index is 1.31. The van der Waals surface area contributed by atoms with Gasteiger partial charge in [0.15, 0.2) is 0 Å². The number of benzene rings is 1. The normalized spacial score (nSPS) is 23.2. The van der Waals surface area contributed by atoms with Crippen LogP contribution in [0.15, 0.2) is 24.5 Å². The number of carbonyl (C=O) groups is 1. The molecule has 30 heavy (non-hydrogen) atoms. The fourth-order valence-corrected chi connectivity index (χ4v) is 6.16. The highest BCUT2D eigenvalue weighted by molar-refractivity contribution is 7.26. The first-order valence-corrected chi connectivity index (χ1v) is 11.8. The molecule has 3 heterocycles. The maximum atomic E-state index is 14.4. The summed E-state index contributed by atoms with van der Waals surface area (Å²) in [5, 5.41) is 3.90. The Morgan fingerprint density at radius 1 is 1.17 bits per heavy atom. The van der Waals surface area contributed by atoms with Crippen molar-refractivity contribution in [3.05, 3.63) is 30.3 Å². The summed E-state index contributed by atoms with van der Waals surface area (Å²) in [7, 11) is 0. The highest BCUT2D eigenvalue weighted by Gasteiger charge is 2.30. The maximum Gasteiger partial charge on any atom is 0.223 e. The lowest BCUT2D eigenvalue weighted by Gasteiger charge is -2.35. The molecule has 5 rings (SSSR count). The molecule has 0 bridgehead atoms. The van der Waals surface area contributed by atoms with Crippen molar-refractivity contribution in [2.24, 2.45) is 11.8 Å². The SMILES string of the molecule is C[C@@H]1CCCC[C@@H]1NC(=O)C1CCN(c2ncnc3c2sc2cccc(F)c23)CC1. The number of anilines is 1. The molecule has 1 N–H and O–H groups in total. The van der Waals surface area contributed by atoms with Gasteiger partial charge in [0.2, 0.25) is 5.91 Å². The van der Waals surface area contributed by atoms with Crippen molar-refractivity contribution in [2.45, 2.75) is 51.5 Å². The van der Waals surface area contributed by atoms with Crippen LogP contribution in [0.4, 0.5) is 10.2 Å². The molecular weight excluding hydrogens is 399 g/mol. The van der Waals surface area contributed by atoms with Gasteiger partial charge >= 0.3 is 0 Å². The standard InChI is InChI=1S/C23H27FN4OS/c1-14-5-2-3-7-17(14)27-23(29)15-9-11-28(12-10-15)22-21-20(25-13-26-22)19-16(24)6-4-8-18(19)30-21/h4,6,8,13-15,17H,2-3,5,7,9-12H2,1H3,(H,27,29)/t14-,17+/m1/s1. The molecular formula is C23H27FN4OS. The van der Waals surface area contributed by atoms with Gasteiger partial charge in [-0.2, -0.15) is 0 Å². The first-order valence-electron chi connectivity index (χ1n) is 11.0. The Hall–Kier alpha value is -2.28. The van der Waals surface area contributed by atoms with Crippen molar-refractivity contribution in [3.63, 3.8) is 0 Å². The lowest BCUT2D eigenvalue weighted by atomic mass is 9.85. The van der Waals surface area contributed by atoms with Gasteiger partial charge in [-0.15, -0.1) is 11.3 Å². The third-order valence-electron chi connectivity index (χ3n) is 6.81. The number of halogens is 1. The van der Waals surface area contributed by atoms with Crippen molar-refractivity contribution in [3.8, 4) is 0 Å². The molecule has 0 unspecified atom stereocenters. The number of fused-ring (bicyclic) bond motifs is 3. The number of nitrogens with one attached hydrogen (secondary N) is 1. The second-order valence-electron chi connectivity index (χ2n) is 8.73. The smallest absolute Gasteiger partial charge is 0.223 e. The number of carbonyl (C=O) groups excluding carboxylic acids is 1. The van der Waals surface area contributed by atoms with Crippen LogP contribution in [0.25, 0.3) is 20.3 Å². The molecule has 1 amide bonds. The fraction of sp³-hybridized carbons (Fsp3) is 0.522. The minimum absolute atomic E-state index is 0.0626. The van der Waals surface area contributed by atoms with Crippen LogP contribution in [0, 0.1) is 17.7 Å². The molecule has 2 aliphatic rings. The van der Waals surface area contributed by atoms with E-state index in [9.17, 15) is 9.18 Å². The predicted molar refractivity (Wildman–Crippen MR) is 119 cm³/mol. The van der Waals surface area contributed by atoms with Crippen LogP contribution in [0.3, 0.4) is 0 Å². The van der Waals surface area contributed by atoms with E-state index in [4.69, 9.17) is 0 Å². The molecule has 1 aliphatic carbocycles. The first kappa shape index (κ1) is 19.7. The zero-order valence-electron chi connectivity index (χ0n) is 17.2. The summed E-state index contributed by atoms with van der Waals surface area (Å²) in [5.41, 5.74) is 0.684. The second-order valence-corrected chi connectivity index (χ2v) is 9.78. The number of nitrogens with zero attached hydrogens (tertiary/aromatic N) is 3. The summed E-state index contributed by atoms with van der Waals surface area (Å²) in [6.45, 7) is 3.81. The quantitative estimate of drug-likeness (QED) is 0.648. The van der Waals surface area contributed by atoms with Crippen molar-refractivity contribution in [2.75, 3.05) is 18.0 Å². The van der Waals surface area contributed by atoms with Gasteiger partial charge in [-0.3, -0.25) is 4.79 Å². The zero-order chi connectivity index (χ0) is 20.7. The third kappa shape index (κ3) is 3.53. The van der Waals surface area contributed by atoms with Gasteiger partial charge in [0, 0.05) is 29.7 Å². The average molecular weight is 427 g/mol.